The third-order valence-electron chi connectivity index (χ3n) is 3.46. The van der Waals surface area contributed by atoms with Crippen LogP contribution in [0.1, 0.15) is 11.6 Å². The van der Waals surface area contributed by atoms with Crippen molar-refractivity contribution >= 4 is 29.9 Å². The Balaban J connectivity index is 0.00000312. The van der Waals surface area contributed by atoms with Crippen LogP contribution in [0, 0.1) is 5.82 Å². The number of nitrogens with one attached hydrogen (secondary N) is 2. The number of anilines is 1. The number of rotatable bonds is 6. The van der Waals surface area contributed by atoms with Crippen LogP contribution >= 0.6 is 12.4 Å². The molecule has 0 fully saturated rings. The van der Waals surface area contributed by atoms with E-state index in [1.165, 1.54) is 30.1 Å². The Labute approximate surface area is 151 Å². The highest BCUT2D eigenvalue weighted by molar-refractivity contribution is 5.95. The molecule has 1 aromatic carbocycles. The number of aryl methyl sites for hydroxylation is 1. The van der Waals surface area contributed by atoms with Crippen molar-refractivity contribution in [2.75, 3.05) is 26.0 Å². The Kier molecular flexibility index (Phi) is 7.53. The van der Waals surface area contributed by atoms with Crippen molar-refractivity contribution in [3.05, 3.63) is 48.0 Å². The first-order chi connectivity index (χ1) is 11.4. The van der Waals surface area contributed by atoms with E-state index in [0.29, 0.717) is 11.3 Å². The number of hydrogen-bond donors (Lipinski definition) is 2. The number of benzene rings is 1. The summed E-state index contributed by atoms with van der Waals surface area (Å²) in [5.41, 5.74) is 1.06. The van der Waals surface area contributed by atoms with Gasteiger partial charge in [-0.2, -0.15) is 5.10 Å². The van der Waals surface area contributed by atoms with E-state index >= 15 is 0 Å². The summed E-state index contributed by atoms with van der Waals surface area (Å²) in [5, 5.41) is 9.52. The second kappa shape index (κ2) is 9.14. The van der Waals surface area contributed by atoms with Gasteiger partial charge in [-0.25, -0.2) is 4.39 Å². The second-order valence-electron chi connectivity index (χ2n) is 5.42. The lowest BCUT2D eigenvalue weighted by Gasteiger charge is -2.22. The largest absolute Gasteiger partial charge is 0.335 e. The smallest absolute Gasteiger partial charge is 0.244 e. The number of carbonyl (C=O) groups excluding carboxylic acids is 2. The summed E-state index contributed by atoms with van der Waals surface area (Å²) in [7, 11) is 4.96. The van der Waals surface area contributed by atoms with E-state index < -0.39 is 17.8 Å². The van der Waals surface area contributed by atoms with Crippen LogP contribution in [0.25, 0.3) is 0 Å². The Hall–Kier alpha value is -2.45. The molecule has 1 atom stereocenters. The Morgan fingerprint density at radius 1 is 1.40 bits per heavy atom. The lowest BCUT2D eigenvalue weighted by Crippen LogP contribution is -2.41. The number of amides is 2. The van der Waals surface area contributed by atoms with Crippen molar-refractivity contribution in [2.24, 2.45) is 7.05 Å². The third kappa shape index (κ3) is 5.54. The van der Waals surface area contributed by atoms with Crippen LogP contribution in [0.3, 0.4) is 0 Å². The van der Waals surface area contributed by atoms with Crippen LogP contribution in [0.2, 0.25) is 0 Å². The topological polar surface area (TPSA) is 79.3 Å². The lowest BCUT2D eigenvalue weighted by atomic mass is 10.1. The standard InChI is InChI=1S/C16H20FN5O2.ClH/c1-18-15(11-8-19-22(3)9-11)16(24)21(2)10-14(23)20-13-6-4-5-12(17)7-13;/h4-9,15,18H,10H2,1-3H3,(H,20,23);1H. The molecule has 136 valence electrons. The van der Waals surface area contributed by atoms with Crippen molar-refractivity contribution in [2.45, 2.75) is 6.04 Å². The van der Waals surface area contributed by atoms with Gasteiger partial charge in [0.1, 0.15) is 11.9 Å². The molecule has 0 aliphatic rings. The highest BCUT2D eigenvalue weighted by atomic mass is 35.5. The van der Waals surface area contributed by atoms with Gasteiger partial charge in [0, 0.05) is 31.5 Å². The molecule has 0 saturated carbocycles. The molecule has 0 aliphatic carbocycles. The molecule has 2 amide bonds. The van der Waals surface area contributed by atoms with Gasteiger partial charge in [-0.1, -0.05) is 6.07 Å². The van der Waals surface area contributed by atoms with E-state index in [1.54, 1.807) is 37.2 Å². The Morgan fingerprint density at radius 3 is 2.68 bits per heavy atom. The zero-order chi connectivity index (χ0) is 17.7. The molecule has 7 nitrogen and oxygen atoms in total. The fraction of sp³-hybridized carbons (Fsp3) is 0.312. The third-order valence-corrected chi connectivity index (χ3v) is 3.46. The Bertz CT molecular complexity index is 737. The summed E-state index contributed by atoms with van der Waals surface area (Å²) in [5.74, 6) is -1.11. The fourth-order valence-electron chi connectivity index (χ4n) is 2.30. The minimum absolute atomic E-state index is 0. The average molecular weight is 370 g/mol. The molecular weight excluding hydrogens is 349 g/mol. The minimum atomic E-state index is -0.592. The molecule has 25 heavy (non-hydrogen) atoms. The highest BCUT2D eigenvalue weighted by Crippen LogP contribution is 2.14. The maximum atomic E-state index is 13.1. The summed E-state index contributed by atoms with van der Waals surface area (Å²) >= 11 is 0. The molecule has 1 heterocycles. The molecule has 1 unspecified atom stereocenters. The zero-order valence-corrected chi connectivity index (χ0v) is 15.0. The number of likely N-dealkylation sites (N-methyl/N-ethyl adjacent to an activating group) is 2. The van der Waals surface area contributed by atoms with Gasteiger partial charge < -0.3 is 15.5 Å². The van der Waals surface area contributed by atoms with Crippen LogP contribution in [-0.4, -0.2) is 47.1 Å². The van der Waals surface area contributed by atoms with E-state index in [-0.39, 0.29) is 24.9 Å². The Morgan fingerprint density at radius 2 is 2.12 bits per heavy atom. The highest BCUT2D eigenvalue weighted by Gasteiger charge is 2.24. The molecule has 0 radical (unpaired) electrons. The molecule has 2 rings (SSSR count). The van der Waals surface area contributed by atoms with Crippen LogP contribution in [0.15, 0.2) is 36.7 Å². The van der Waals surface area contributed by atoms with Crippen molar-refractivity contribution in [1.29, 1.82) is 0 Å². The van der Waals surface area contributed by atoms with Gasteiger partial charge in [0.2, 0.25) is 11.8 Å². The molecule has 2 N–H and O–H groups in total. The van der Waals surface area contributed by atoms with E-state index in [1.807, 2.05) is 0 Å². The van der Waals surface area contributed by atoms with E-state index in [0.717, 1.165) is 0 Å². The number of hydrogen-bond acceptors (Lipinski definition) is 4. The van der Waals surface area contributed by atoms with Gasteiger partial charge in [-0.05, 0) is 25.2 Å². The van der Waals surface area contributed by atoms with Gasteiger partial charge in [0.25, 0.3) is 0 Å². The van der Waals surface area contributed by atoms with Gasteiger partial charge in [-0.3, -0.25) is 14.3 Å². The van der Waals surface area contributed by atoms with E-state index in [4.69, 9.17) is 0 Å². The van der Waals surface area contributed by atoms with Crippen LogP contribution in [-0.2, 0) is 16.6 Å². The molecule has 1 aromatic heterocycles. The summed E-state index contributed by atoms with van der Waals surface area (Å²) in [6, 6.07) is 4.99. The summed E-state index contributed by atoms with van der Waals surface area (Å²) in [6.07, 6.45) is 3.33. The predicted octanol–water partition coefficient (Wildman–Crippen LogP) is 1.34. The van der Waals surface area contributed by atoms with Gasteiger partial charge in [0.15, 0.2) is 0 Å². The van der Waals surface area contributed by atoms with Crippen LogP contribution in [0.5, 0.6) is 0 Å². The molecule has 0 spiro atoms. The summed E-state index contributed by atoms with van der Waals surface area (Å²) in [4.78, 5) is 25.8. The predicted molar refractivity (Wildman–Crippen MR) is 94.9 cm³/mol. The summed E-state index contributed by atoms with van der Waals surface area (Å²) < 4.78 is 14.7. The lowest BCUT2D eigenvalue weighted by molar-refractivity contribution is -0.135. The van der Waals surface area contributed by atoms with Gasteiger partial charge in [0.05, 0.1) is 12.7 Å². The SMILES string of the molecule is CNC(C(=O)N(C)CC(=O)Nc1cccc(F)c1)c1cnn(C)c1.Cl. The molecule has 0 aliphatic heterocycles. The number of carbonyl (C=O) groups is 2. The van der Waals surface area contributed by atoms with Crippen molar-refractivity contribution in [3.8, 4) is 0 Å². The first-order valence-corrected chi connectivity index (χ1v) is 7.37. The maximum absolute atomic E-state index is 13.1. The van der Waals surface area contributed by atoms with Gasteiger partial charge in [-0.15, -0.1) is 12.4 Å². The average Bonchev–Trinajstić information content (AvgIpc) is 2.94. The maximum Gasteiger partial charge on any atom is 0.244 e. The summed E-state index contributed by atoms with van der Waals surface area (Å²) in [6.45, 7) is -0.145. The molecule has 0 bridgehead atoms. The molecule has 2 aromatic rings. The van der Waals surface area contributed by atoms with Gasteiger partial charge >= 0.3 is 0 Å². The van der Waals surface area contributed by atoms with Crippen molar-refractivity contribution in [3.63, 3.8) is 0 Å². The molecule has 9 heteroatoms. The number of nitrogens with zero attached hydrogens (tertiary/aromatic N) is 3. The van der Waals surface area contributed by atoms with Crippen LogP contribution < -0.4 is 10.6 Å². The fourth-order valence-corrected chi connectivity index (χ4v) is 2.30. The van der Waals surface area contributed by atoms with Crippen molar-refractivity contribution in [1.82, 2.24) is 20.0 Å². The van der Waals surface area contributed by atoms with Crippen molar-refractivity contribution < 1.29 is 14.0 Å². The van der Waals surface area contributed by atoms with Crippen LogP contribution in [0.4, 0.5) is 10.1 Å². The number of halogens is 2. The first-order valence-electron chi connectivity index (χ1n) is 7.37. The van der Waals surface area contributed by atoms with E-state index in [9.17, 15) is 14.0 Å². The second-order valence-corrected chi connectivity index (χ2v) is 5.42. The zero-order valence-electron chi connectivity index (χ0n) is 14.2. The monoisotopic (exact) mass is 369 g/mol. The van der Waals surface area contributed by atoms with E-state index in [2.05, 4.69) is 15.7 Å². The molecule has 0 saturated heterocycles. The quantitative estimate of drug-likeness (QED) is 0.805. The first kappa shape index (κ1) is 20.6. The number of aromatic nitrogens is 2. The normalized spacial score (nSPS) is 11.4. The minimum Gasteiger partial charge on any atom is -0.335 e. The molecular formula is C16H21ClFN5O2.